The maximum Gasteiger partial charge on any atom is 0.164 e. The minimum Gasteiger partial charge on any atom is -0.456 e. The fraction of sp³-hybridized carbons (Fsp3) is 0. The third-order valence-corrected chi connectivity index (χ3v) is 8.29. The molecule has 4 heteroatoms. The van der Waals surface area contributed by atoms with E-state index >= 15 is 0 Å². The van der Waals surface area contributed by atoms with Gasteiger partial charge in [0, 0.05) is 27.5 Å². The molecule has 0 aliphatic carbocycles. The fourth-order valence-corrected chi connectivity index (χ4v) is 6.19. The largest absolute Gasteiger partial charge is 0.456 e. The Morgan fingerprint density at radius 3 is 1.79 bits per heavy atom. The first kappa shape index (κ1) is 23.8. The maximum absolute atomic E-state index is 6.21. The second-order valence-corrected chi connectivity index (χ2v) is 10.9. The summed E-state index contributed by atoms with van der Waals surface area (Å²) in [6, 6.07) is 48.2. The summed E-state index contributed by atoms with van der Waals surface area (Å²) >= 11 is 0. The molecule has 0 aliphatic heterocycles. The van der Waals surface area contributed by atoms with Gasteiger partial charge in [-0.05, 0) is 56.6 Å². The number of hydrogen-bond donors (Lipinski definition) is 0. The normalized spacial score (nSPS) is 11.7. The smallest absolute Gasteiger partial charge is 0.164 e. The molecule has 0 unspecified atom stereocenters. The monoisotopic (exact) mass is 549 g/mol. The van der Waals surface area contributed by atoms with Crippen molar-refractivity contribution < 1.29 is 4.42 Å². The number of rotatable bonds is 3. The molecule has 0 aliphatic rings. The Balaban J connectivity index is 1.32. The molecule has 0 radical (unpaired) electrons. The second kappa shape index (κ2) is 9.33. The zero-order valence-electron chi connectivity index (χ0n) is 23.0. The summed E-state index contributed by atoms with van der Waals surface area (Å²) in [5.41, 5.74) is 4.46. The van der Waals surface area contributed by atoms with Gasteiger partial charge in [-0.3, -0.25) is 0 Å². The molecule has 7 aromatic carbocycles. The van der Waals surface area contributed by atoms with Gasteiger partial charge in [-0.25, -0.2) is 15.0 Å². The van der Waals surface area contributed by atoms with Crippen LogP contribution in [0.2, 0.25) is 0 Å². The third kappa shape index (κ3) is 3.88. The highest BCUT2D eigenvalue weighted by atomic mass is 16.3. The predicted octanol–water partition coefficient (Wildman–Crippen LogP) is 10.2. The van der Waals surface area contributed by atoms with Crippen LogP contribution < -0.4 is 0 Å². The number of hydrogen-bond acceptors (Lipinski definition) is 4. The minimum absolute atomic E-state index is 0.614. The van der Waals surface area contributed by atoms with E-state index in [0.717, 1.165) is 44.0 Å². The van der Waals surface area contributed by atoms with Gasteiger partial charge in [-0.15, -0.1) is 0 Å². The van der Waals surface area contributed by atoms with Crippen LogP contribution in [-0.2, 0) is 0 Å². The van der Waals surface area contributed by atoms with Gasteiger partial charge in [0.1, 0.15) is 11.2 Å². The molecule has 4 nitrogen and oxygen atoms in total. The number of aromatic nitrogens is 3. The minimum atomic E-state index is 0.614. The van der Waals surface area contributed by atoms with Crippen molar-refractivity contribution in [3.05, 3.63) is 140 Å². The van der Waals surface area contributed by atoms with E-state index in [1.54, 1.807) is 0 Å². The lowest BCUT2D eigenvalue weighted by Gasteiger charge is -2.11. The fourth-order valence-electron chi connectivity index (χ4n) is 6.19. The summed E-state index contributed by atoms with van der Waals surface area (Å²) in [4.78, 5) is 15.3. The van der Waals surface area contributed by atoms with E-state index in [9.17, 15) is 0 Å². The first-order valence-corrected chi connectivity index (χ1v) is 14.4. The van der Waals surface area contributed by atoms with Crippen LogP contribution in [0.1, 0.15) is 0 Å². The van der Waals surface area contributed by atoms with Crippen molar-refractivity contribution >= 4 is 54.3 Å². The molecule has 9 rings (SSSR count). The van der Waals surface area contributed by atoms with E-state index in [2.05, 4.69) is 109 Å². The Bertz CT molecular complexity index is 2530. The molecule has 200 valence electrons. The zero-order valence-corrected chi connectivity index (χ0v) is 23.0. The van der Waals surface area contributed by atoms with Crippen molar-refractivity contribution in [2.24, 2.45) is 0 Å². The zero-order chi connectivity index (χ0) is 28.3. The first-order chi connectivity index (χ1) is 21.3. The number of benzene rings is 7. The molecule has 0 atom stereocenters. The molecule has 0 N–H and O–H groups in total. The summed E-state index contributed by atoms with van der Waals surface area (Å²) in [5.74, 6) is 1.88. The number of furan rings is 1. The van der Waals surface area contributed by atoms with Crippen molar-refractivity contribution in [1.29, 1.82) is 0 Å². The summed E-state index contributed by atoms with van der Waals surface area (Å²) < 4.78 is 6.21. The third-order valence-electron chi connectivity index (χ3n) is 8.29. The second-order valence-electron chi connectivity index (χ2n) is 10.9. The van der Waals surface area contributed by atoms with Crippen LogP contribution in [0.25, 0.3) is 88.4 Å². The molecule has 0 fully saturated rings. The van der Waals surface area contributed by atoms with E-state index in [1.165, 1.54) is 26.9 Å². The molecule has 0 saturated carbocycles. The summed E-state index contributed by atoms with van der Waals surface area (Å²) in [6.07, 6.45) is 0. The van der Waals surface area contributed by atoms with E-state index in [-0.39, 0.29) is 0 Å². The average molecular weight is 550 g/mol. The molecule has 9 aromatic rings. The van der Waals surface area contributed by atoms with Gasteiger partial charge in [-0.1, -0.05) is 115 Å². The Labute approximate surface area is 246 Å². The van der Waals surface area contributed by atoms with Crippen LogP contribution in [0.5, 0.6) is 0 Å². The summed E-state index contributed by atoms with van der Waals surface area (Å²) in [5, 5.41) is 9.14. The Hall–Kier alpha value is -5.87. The highest BCUT2D eigenvalue weighted by Gasteiger charge is 2.18. The van der Waals surface area contributed by atoms with Crippen LogP contribution in [0.3, 0.4) is 0 Å². The Morgan fingerprint density at radius 1 is 0.372 bits per heavy atom. The topological polar surface area (TPSA) is 51.8 Å². The lowest BCUT2D eigenvalue weighted by atomic mass is 9.99. The van der Waals surface area contributed by atoms with Gasteiger partial charge in [0.2, 0.25) is 0 Å². The van der Waals surface area contributed by atoms with Crippen LogP contribution in [0, 0.1) is 0 Å². The van der Waals surface area contributed by atoms with Gasteiger partial charge >= 0.3 is 0 Å². The quantitative estimate of drug-likeness (QED) is 0.206. The molecular formula is C39H23N3O. The molecule has 0 spiro atoms. The van der Waals surface area contributed by atoms with Crippen molar-refractivity contribution in [3.63, 3.8) is 0 Å². The number of nitrogens with zero attached hydrogens (tertiary/aromatic N) is 3. The molecule has 2 aromatic heterocycles. The highest BCUT2D eigenvalue weighted by molar-refractivity contribution is 6.12. The molecule has 43 heavy (non-hydrogen) atoms. The van der Waals surface area contributed by atoms with Crippen molar-refractivity contribution in [2.45, 2.75) is 0 Å². The Kier molecular flexibility index (Phi) is 5.16. The van der Waals surface area contributed by atoms with E-state index < -0.39 is 0 Å². The predicted molar refractivity (Wildman–Crippen MR) is 176 cm³/mol. The molecular weight excluding hydrogens is 526 g/mol. The maximum atomic E-state index is 6.21. The average Bonchev–Trinajstić information content (AvgIpc) is 3.46. The van der Waals surface area contributed by atoms with E-state index in [0.29, 0.717) is 17.5 Å². The molecule has 2 heterocycles. The van der Waals surface area contributed by atoms with Gasteiger partial charge in [-0.2, -0.15) is 0 Å². The van der Waals surface area contributed by atoms with Crippen LogP contribution in [-0.4, -0.2) is 15.0 Å². The Morgan fingerprint density at radius 2 is 0.953 bits per heavy atom. The standard InChI is InChI=1S/C39H23N3O/c1-2-10-27-22-28(20-16-24(27)8-1)37-40-38(29-21-19-26-18-17-25-9-3-4-11-30(25)33(26)23-29)42-39(41-37)32-13-7-15-35-36(32)31-12-5-6-14-34(31)43-35/h1-23H. The van der Waals surface area contributed by atoms with Crippen LogP contribution >= 0.6 is 0 Å². The first-order valence-electron chi connectivity index (χ1n) is 14.4. The number of para-hydroxylation sites is 1. The van der Waals surface area contributed by atoms with Gasteiger partial charge in [0.05, 0.1) is 0 Å². The van der Waals surface area contributed by atoms with Crippen molar-refractivity contribution in [2.75, 3.05) is 0 Å². The number of fused-ring (bicyclic) bond motifs is 7. The van der Waals surface area contributed by atoms with Gasteiger partial charge in [0.25, 0.3) is 0 Å². The lowest BCUT2D eigenvalue weighted by molar-refractivity contribution is 0.669. The molecule has 0 bridgehead atoms. The molecule has 0 amide bonds. The van der Waals surface area contributed by atoms with Gasteiger partial charge < -0.3 is 4.42 Å². The van der Waals surface area contributed by atoms with Crippen LogP contribution in [0.15, 0.2) is 144 Å². The summed E-state index contributed by atoms with van der Waals surface area (Å²) in [6.45, 7) is 0. The van der Waals surface area contributed by atoms with Crippen LogP contribution in [0.4, 0.5) is 0 Å². The molecule has 0 saturated heterocycles. The van der Waals surface area contributed by atoms with Crippen molar-refractivity contribution in [3.8, 4) is 34.2 Å². The van der Waals surface area contributed by atoms with E-state index in [1.807, 2.05) is 30.3 Å². The van der Waals surface area contributed by atoms with Gasteiger partial charge in [0.15, 0.2) is 17.5 Å². The highest BCUT2D eigenvalue weighted by Crippen LogP contribution is 2.37. The summed E-state index contributed by atoms with van der Waals surface area (Å²) in [7, 11) is 0. The van der Waals surface area contributed by atoms with Crippen molar-refractivity contribution in [1.82, 2.24) is 15.0 Å². The SMILES string of the molecule is c1ccc2cc(-c3nc(-c4ccc5ccc6ccccc6c5c4)nc(-c4cccc5oc6ccccc6c45)n3)ccc2c1. The lowest BCUT2D eigenvalue weighted by Crippen LogP contribution is -2.00. The van der Waals surface area contributed by atoms with E-state index in [4.69, 9.17) is 19.4 Å².